The van der Waals surface area contributed by atoms with Crippen molar-refractivity contribution in [2.75, 3.05) is 12.4 Å². The van der Waals surface area contributed by atoms with Crippen molar-refractivity contribution in [1.82, 2.24) is 5.43 Å². The molecule has 0 fully saturated rings. The summed E-state index contributed by atoms with van der Waals surface area (Å²) < 4.78 is 32.0. The van der Waals surface area contributed by atoms with E-state index in [0.717, 1.165) is 0 Å². The van der Waals surface area contributed by atoms with E-state index in [-0.39, 0.29) is 16.5 Å². The fourth-order valence-corrected chi connectivity index (χ4v) is 1.96. The second kappa shape index (κ2) is 7.64. The lowest BCUT2D eigenvalue weighted by Crippen LogP contribution is -2.25. The van der Waals surface area contributed by atoms with Crippen molar-refractivity contribution in [3.8, 4) is 5.75 Å². The summed E-state index contributed by atoms with van der Waals surface area (Å²) in [6, 6.07) is 10.6. The van der Waals surface area contributed by atoms with Crippen LogP contribution in [0.3, 0.4) is 0 Å². The van der Waals surface area contributed by atoms with Crippen LogP contribution >= 0.6 is 12.2 Å². The van der Waals surface area contributed by atoms with E-state index in [4.69, 9.17) is 17.0 Å². The number of thiocarbonyl (C=S) groups is 1. The Morgan fingerprint density at radius 1 is 1.13 bits per heavy atom. The normalized spacial score (nSPS) is 11.0. The molecule has 0 aliphatic heterocycles. The molecule has 2 aromatic rings. The molecule has 0 amide bonds. The second-order valence-electron chi connectivity index (χ2n) is 4.59. The van der Waals surface area contributed by atoms with Crippen LogP contribution in [0.1, 0.15) is 12.5 Å². The first-order valence-corrected chi connectivity index (χ1v) is 7.12. The Balaban J connectivity index is 2.03. The van der Waals surface area contributed by atoms with Gasteiger partial charge < -0.3 is 10.1 Å². The molecule has 0 saturated heterocycles. The van der Waals surface area contributed by atoms with Crippen molar-refractivity contribution < 1.29 is 13.5 Å². The van der Waals surface area contributed by atoms with Crippen LogP contribution in [0.4, 0.5) is 14.5 Å². The van der Waals surface area contributed by atoms with Gasteiger partial charge in [-0.2, -0.15) is 5.10 Å². The topological polar surface area (TPSA) is 45.6 Å². The van der Waals surface area contributed by atoms with Crippen molar-refractivity contribution >= 4 is 28.7 Å². The van der Waals surface area contributed by atoms with Gasteiger partial charge >= 0.3 is 0 Å². The van der Waals surface area contributed by atoms with Crippen LogP contribution in [0.25, 0.3) is 0 Å². The smallest absolute Gasteiger partial charge is 0.191 e. The molecule has 7 heteroatoms. The second-order valence-corrected chi connectivity index (χ2v) is 5.00. The number of hydrogen-bond donors (Lipinski definition) is 2. The monoisotopic (exact) mass is 335 g/mol. The molecule has 0 saturated carbocycles. The number of ether oxygens (including phenoxy) is 1. The van der Waals surface area contributed by atoms with Crippen LogP contribution in [-0.4, -0.2) is 17.9 Å². The minimum Gasteiger partial charge on any atom is -0.494 e. The summed E-state index contributed by atoms with van der Waals surface area (Å²) in [5.41, 5.74) is 3.93. The van der Waals surface area contributed by atoms with Gasteiger partial charge in [-0.3, -0.25) is 5.43 Å². The SMILES string of the molecule is COc1ccc(/C(C)=N\NC(=S)Nc2ccccc2F)cc1F. The van der Waals surface area contributed by atoms with Gasteiger partial charge in [0.1, 0.15) is 5.82 Å². The zero-order valence-corrected chi connectivity index (χ0v) is 13.4. The molecule has 0 radical (unpaired) electrons. The van der Waals surface area contributed by atoms with E-state index in [2.05, 4.69) is 15.8 Å². The third kappa shape index (κ3) is 4.46. The van der Waals surface area contributed by atoms with Gasteiger partial charge in [-0.05, 0) is 49.5 Å². The summed E-state index contributed by atoms with van der Waals surface area (Å²) in [5, 5.41) is 6.87. The van der Waals surface area contributed by atoms with E-state index < -0.39 is 11.6 Å². The Morgan fingerprint density at radius 3 is 2.52 bits per heavy atom. The highest BCUT2D eigenvalue weighted by Crippen LogP contribution is 2.18. The van der Waals surface area contributed by atoms with Crippen molar-refractivity contribution in [2.24, 2.45) is 5.10 Å². The number of hydrazone groups is 1. The maximum atomic E-state index is 13.7. The highest BCUT2D eigenvalue weighted by atomic mass is 32.1. The molecular formula is C16H15F2N3OS. The standard InChI is InChI=1S/C16H15F2N3OS/c1-10(11-7-8-15(22-2)13(18)9-11)20-21-16(23)19-14-6-4-3-5-12(14)17/h3-9H,1-2H3,(H2,19,21,23)/b20-10-. The molecular weight excluding hydrogens is 320 g/mol. The van der Waals surface area contributed by atoms with Crippen LogP contribution in [0.2, 0.25) is 0 Å². The highest BCUT2D eigenvalue weighted by Gasteiger charge is 2.06. The molecule has 120 valence electrons. The summed E-state index contributed by atoms with van der Waals surface area (Å²) in [6.07, 6.45) is 0. The molecule has 0 unspecified atom stereocenters. The molecule has 2 N–H and O–H groups in total. The zero-order valence-electron chi connectivity index (χ0n) is 12.6. The average Bonchev–Trinajstić information content (AvgIpc) is 2.54. The first kappa shape index (κ1) is 16.8. The number of nitrogens with one attached hydrogen (secondary N) is 2. The van der Waals surface area contributed by atoms with Gasteiger partial charge in [-0.25, -0.2) is 8.78 Å². The lowest BCUT2D eigenvalue weighted by molar-refractivity contribution is 0.386. The van der Waals surface area contributed by atoms with E-state index in [1.165, 1.54) is 25.3 Å². The molecule has 0 heterocycles. The summed E-state index contributed by atoms with van der Waals surface area (Å²) in [6.45, 7) is 1.69. The van der Waals surface area contributed by atoms with Gasteiger partial charge in [0, 0.05) is 5.56 Å². The molecule has 0 bridgehead atoms. The number of rotatable bonds is 4. The lowest BCUT2D eigenvalue weighted by atomic mass is 10.1. The Hall–Kier alpha value is -2.54. The molecule has 0 spiro atoms. The number of methoxy groups -OCH3 is 1. The van der Waals surface area contributed by atoms with Gasteiger partial charge in [0.05, 0.1) is 18.5 Å². The lowest BCUT2D eigenvalue weighted by Gasteiger charge is -2.09. The van der Waals surface area contributed by atoms with Crippen LogP contribution < -0.4 is 15.5 Å². The first-order chi connectivity index (χ1) is 11.0. The Morgan fingerprint density at radius 2 is 1.87 bits per heavy atom. The van der Waals surface area contributed by atoms with Crippen molar-refractivity contribution in [2.45, 2.75) is 6.92 Å². The largest absolute Gasteiger partial charge is 0.494 e. The Labute approximate surface area is 138 Å². The summed E-state index contributed by atoms with van der Waals surface area (Å²) in [7, 11) is 1.40. The Kier molecular flexibility index (Phi) is 5.59. The number of para-hydroxylation sites is 1. The average molecular weight is 335 g/mol. The number of anilines is 1. The number of benzene rings is 2. The molecule has 0 aliphatic rings. The van der Waals surface area contributed by atoms with Crippen LogP contribution in [0, 0.1) is 11.6 Å². The molecule has 0 aromatic heterocycles. The zero-order chi connectivity index (χ0) is 16.8. The van der Waals surface area contributed by atoms with Gasteiger partial charge in [0.2, 0.25) is 0 Å². The third-order valence-corrected chi connectivity index (χ3v) is 3.21. The number of nitrogens with zero attached hydrogens (tertiary/aromatic N) is 1. The predicted molar refractivity (Wildman–Crippen MR) is 90.9 cm³/mol. The third-order valence-electron chi connectivity index (χ3n) is 3.02. The number of hydrogen-bond acceptors (Lipinski definition) is 3. The Bertz CT molecular complexity index is 750. The fraction of sp³-hybridized carbons (Fsp3) is 0.125. The minimum absolute atomic E-state index is 0.128. The van der Waals surface area contributed by atoms with Gasteiger partial charge in [0.15, 0.2) is 16.7 Å². The summed E-state index contributed by atoms with van der Waals surface area (Å²) in [4.78, 5) is 0. The predicted octanol–water partition coefficient (Wildman–Crippen LogP) is 3.68. The van der Waals surface area contributed by atoms with Crippen LogP contribution in [-0.2, 0) is 0 Å². The highest BCUT2D eigenvalue weighted by molar-refractivity contribution is 7.80. The molecule has 2 rings (SSSR count). The molecule has 0 atom stereocenters. The quantitative estimate of drug-likeness (QED) is 0.508. The van der Waals surface area contributed by atoms with Crippen LogP contribution in [0.5, 0.6) is 5.75 Å². The molecule has 23 heavy (non-hydrogen) atoms. The van der Waals surface area contributed by atoms with Crippen molar-refractivity contribution in [1.29, 1.82) is 0 Å². The summed E-state index contributed by atoms with van der Waals surface area (Å²) in [5.74, 6) is -0.743. The fourth-order valence-electron chi connectivity index (χ4n) is 1.80. The van der Waals surface area contributed by atoms with Gasteiger partial charge in [0.25, 0.3) is 0 Å². The van der Waals surface area contributed by atoms with E-state index in [1.807, 2.05) is 0 Å². The van der Waals surface area contributed by atoms with Crippen molar-refractivity contribution in [3.05, 3.63) is 59.7 Å². The van der Waals surface area contributed by atoms with Crippen LogP contribution in [0.15, 0.2) is 47.6 Å². The van der Waals surface area contributed by atoms with E-state index in [1.54, 1.807) is 31.2 Å². The van der Waals surface area contributed by atoms with E-state index >= 15 is 0 Å². The van der Waals surface area contributed by atoms with Crippen molar-refractivity contribution in [3.63, 3.8) is 0 Å². The van der Waals surface area contributed by atoms with E-state index in [9.17, 15) is 8.78 Å². The minimum atomic E-state index is -0.480. The first-order valence-electron chi connectivity index (χ1n) is 6.71. The maximum Gasteiger partial charge on any atom is 0.191 e. The van der Waals surface area contributed by atoms with Gasteiger partial charge in [-0.15, -0.1) is 0 Å². The van der Waals surface area contributed by atoms with E-state index in [0.29, 0.717) is 11.3 Å². The molecule has 0 aliphatic carbocycles. The summed E-state index contributed by atoms with van der Waals surface area (Å²) >= 11 is 5.04. The van der Waals surface area contributed by atoms with Gasteiger partial charge in [-0.1, -0.05) is 12.1 Å². The number of halogens is 2. The maximum absolute atomic E-state index is 13.7. The molecule has 2 aromatic carbocycles. The molecule has 4 nitrogen and oxygen atoms in total.